The number of alkyl halides is 3. The number of benzene rings is 2. The van der Waals surface area contributed by atoms with Crippen LogP contribution in [0, 0.1) is 0 Å². The van der Waals surface area contributed by atoms with Gasteiger partial charge in [-0.3, -0.25) is 0 Å². The van der Waals surface area contributed by atoms with Crippen LogP contribution in [0.3, 0.4) is 0 Å². The molecule has 2 aromatic carbocycles. The van der Waals surface area contributed by atoms with E-state index in [-0.39, 0.29) is 5.75 Å². The third kappa shape index (κ3) is 4.47. The van der Waals surface area contributed by atoms with Crippen molar-refractivity contribution in [3.05, 3.63) is 54.7 Å². The van der Waals surface area contributed by atoms with Gasteiger partial charge in [-0.05, 0) is 48.2 Å². The van der Waals surface area contributed by atoms with Gasteiger partial charge < -0.3 is 19.5 Å². The monoisotopic (exact) mass is 403 g/mol. The molecule has 1 aliphatic rings. The van der Waals surface area contributed by atoms with Crippen LogP contribution in [0.4, 0.5) is 19.0 Å². The summed E-state index contributed by atoms with van der Waals surface area (Å²) in [5.74, 6) is 0.391. The molecule has 29 heavy (non-hydrogen) atoms. The van der Waals surface area contributed by atoms with Crippen LogP contribution >= 0.6 is 0 Å². The second-order valence-electron chi connectivity index (χ2n) is 6.90. The van der Waals surface area contributed by atoms with Crippen LogP contribution in [0.15, 0.2) is 59.3 Å². The molecule has 1 saturated heterocycles. The molecule has 2 heterocycles. The molecule has 0 spiro atoms. The Kier molecular flexibility index (Phi) is 5.08. The molecule has 0 radical (unpaired) electrons. The summed E-state index contributed by atoms with van der Waals surface area (Å²) in [4.78, 5) is 2.26. The highest BCUT2D eigenvalue weighted by atomic mass is 19.4. The van der Waals surface area contributed by atoms with Crippen molar-refractivity contribution in [3.8, 4) is 16.9 Å². The molecule has 1 N–H and O–H groups in total. The molecule has 0 amide bonds. The fourth-order valence-electron chi connectivity index (χ4n) is 3.46. The Morgan fingerprint density at radius 1 is 1.14 bits per heavy atom. The Morgan fingerprint density at radius 2 is 1.90 bits per heavy atom. The van der Waals surface area contributed by atoms with Crippen LogP contribution in [-0.4, -0.2) is 36.1 Å². The normalized spacial score (nSPS) is 14.6. The summed E-state index contributed by atoms with van der Waals surface area (Å²) < 4.78 is 46.2. The van der Waals surface area contributed by atoms with Crippen molar-refractivity contribution in [2.75, 3.05) is 25.0 Å². The molecular weight excluding hydrogens is 383 g/mol. The van der Waals surface area contributed by atoms with Gasteiger partial charge in [-0.1, -0.05) is 29.9 Å². The number of rotatable bonds is 6. The molecule has 0 bridgehead atoms. The zero-order valence-electron chi connectivity index (χ0n) is 15.6. The summed E-state index contributed by atoms with van der Waals surface area (Å²) >= 11 is 0. The molecule has 0 aliphatic carbocycles. The van der Waals surface area contributed by atoms with Gasteiger partial charge in [-0.2, -0.15) is 0 Å². The maximum atomic E-state index is 12.3. The first-order chi connectivity index (χ1) is 13.9. The number of halogens is 3. The molecular formula is C21H20F3N3O2. The van der Waals surface area contributed by atoms with Crippen molar-refractivity contribution in [1.29, 1.82) is 0 Å². The molecule has 1 aromatic heterocycles. The quantitative estimate of drug-likeness (QED) is 0.596. The van der Waals surface area contributed by atoms with Crippen LogP contribution in [0.2, 0.25) is 0 Å². The number of nitrogens with zero attached hydrogens (tertiary/aromatic N) is 2. The summed E-state index contributed by atoms with van der Waals surface area (Å²) in [6.45, 7) is 6.63. The largest absolute Gasteiger partial charge is 0.573 e. The Morgan fingerprint density at radius 3 is 2.59 bits per heavy atom. The maximum absolute atomic E-state index is 12.3. The van der Waals surface area contributed by atoms with Crippen LogP contribution in [0.5, 0.6) is 5.75 Å². The minimum absolute atomic E-state index is 0.252. The van der Waals surface area contributed by atoms with E-state index in [1.54, 1.807) is 18.2 Å². The van der Waals surface area contributed by atoms with E-state index in [1.807, 2.05) is 12.1 Å². The van der Waals surface area contributed by atoms with Crippen LogP contribution in [-0.2, 0) is 0 Å². The van der Waals surface area contributed by atoms with Gasteiger partial charge in [0.15, 0.2) is 11.4 Å². The average molecular weight is 403 g/mol. The van der Waals surface area contributed by atoms with Gasteiger partial charge in [0.2, 0.25) is 0 Å². The highest BCUT2D eigenvalue weighted by molar-refractivity contribution is 5.91. The lowest BCUT2D eigenvalue weighted by molar-refractivity contribution is -0.274. The molecule has 0 saturated carbocycles. The van der Waals surface area contributed by atoms with Gasteiger partial charge in [0.05, 0.1) is 5.39 Å². The molecule has 8 heteroatoms. The van der Waals surface area contributed by atoms with Gasteiger partial charge in [-0.15, -0.1) is 13.2 Å². The van der Waals surface area contributed by atoms with Crippen molar-refractivity contribution in [2.24, 2.45) is 0 Å². The van der Waals surface area contributed by atoms with Gasteiger partial charge in [-0.25, -0.2) is 0 Å². The average Bonchev–Trinajstić information content (AvgIpc) is 3.27. The first-order valence-electron chi connectivity index (χ1n) is 9.31. The third-order valence-electron chi connectivity index (χ3n) is 4.91. The Hall–Kier alpha value is -3.16. The zero-order valence-corrected chi connectivity index (χ0v) is 15.6. The Bertz CT molecular complexity index is 1010. The van der Waals surface area contributed by atoms with Crippen molar-refractivity contribution in [2.45, 2.75) is 19.2 Å². The molecule has 5 nitrogen and oxygen atoms in total. The van der Waals surface area contributed by atoms with Crippen LogP contribution < -0.4 is 10.1 Å². The van der Waals surface area contributed by atoms with E-state index in [0.29, 0.717) is 17.9 Å². The standard InChI is InChI=1S/C21H20F3N3O2/c1-14-3-2-11-27(14)12-10-25-20-18-13-16(6-9-19(18)29-26-20)15-4-7-17(8-5-15)28-21(22,23)24/h4-9,13H,1-3,10-12H2,(H,25,26). The van der Waals surface area contributed by atoms with Gasteiger partial charge in [0.1, 0.15) is 5.75 Å². The van der Waals surface area contributed by atoms with E-state index in [0.717, 1.165) is 48.1 Å². The number of hydrogen-bond acceptors (Lipinski definition) is 5. The molecule has 3 aromatic rings. The molecule has 1 aliphatic heterocycles. The highest BCUT2D eigenvalue weighted by Crippen LogP contribution is 2.31. The van der Waals surface area contributed by atoms with Crippen molar-refractivity contribution < 1.29 is 22.4 Å². The third-order valence-corrected chi connectivity index (χ3v) is 4.91. The first-order valence-corrected chi connectivity index (χ1v) is 9.31. The lowest BCUT2D eigenvalue weighted by atomic mass is 10.0. The van der Waals surface area contributed by atoms with Crippen molar-refractivity contribution in [1.82, 2.24) is 10.1 Å². The fourth-order valence-corrected chi connectivity index (χ4v) is 3.46. The summed E-state index contributed by atoms with van der Waals surface area (Å²) in [6.07, 6.45) is -2.52. The number of allylic oxidation sites excluding steroid dienone is 1. The molecule has 1 fully saturated rings. The number of fused-ring (bicyclic) bond motifs is 1. The zero-order chi connectivity index (χ0) is 20.4. The smallest absolute Gasteiger partial charge is 0.406 e. The van der Waals surface area contributed by atoms with Gasteiger partial charge >= 0.3 is 6.36 Å². The van der Waals surface area contributed by atoms with Crippen molar-refractivity contribution in [3.63, 3.8) is 0 Å². The lowest BCUT2D eigenvalue weighted by Crippen LogP contribution is -2.24. The number of hydrogen-bond donors (Lipinski definition) is 1. The van der Waals surface area contributed by atoms with E-state index >= 15 is 0 Å². The molecule has 0 unspecified atom stereocenters. The van der Waals surface area contributed by atoms with E-state index in [4.69, 9.17) is 4.52 Å². The van der Waals surface area contributed by atoms with Crippen LogP contribution in [0.25, 0.3) is 22.1 Å². The Labute approximate surface area is 165 Å². The SMILES string of the molecule is C=C1CCCN1CCNc1noc2ccc(-c3ccc(OC(F)(F)F)cc3)cc12. The lowest BCUT2D eigenvalue weighted by Gasteiger charge is -2.18. The summed E-state index contributed by atoms with van der Waals surface area (Å²) in [6, 6.07) is 11.3. The predicted octanol–water partition coefficient (Wildman–Crippen LogP) is 5.41. The maximum Gasteiger partial charge on any atom is 0.573 e. The first kappa shape index (κ1) is 19.2. The fraction of sp³-hybridized carbons (Fsp3) is 0.286. The topological polar surface area (TPSA) is 50.5 Å². The second kappa shape index (κ2) is 7.69. The predicted molar refractivity (Wildman–Crippen MR) is 105 cm³/mol. The number of aromatic nitrogens is 1. The molecule has 4 rings (SSSR count). The highest BCUT2D eigenvalue weighted by Gasteiger charge is 2.31. The summed E-state index contributed by atoms with van der Waals surface area (Å²) in [5.41, 5.74) is 3.41. The number of anilines is 1. The second-order valence-corrected chi connectivity index (χ2v) is 6.90. The minimum atomic E-state index is -4.70. The molecule has 152 valence electrons. The number of ether oxygens (including phenoxy) is 1. The molecule has 0 atom stereocenters. The minimum Gasteiger partial charge on any atom is -0.406 e. The summed E-state index contributed by atoms with van der Waals surface area (Å²) in [5, 5.41) is 8.21. The van der Waals surface area contributed by atoms with E-state index in [2.05, 4.69) is 26.7 Å². The van der Waals surface area contributed by atoms with Gasteiger partial charge in [0, 0.05) is 25.3 Å². The van der Waals surface area contributed by atoms with Crippen LogP contribution in [0.1, 0.15) is 12.8 Å². The van der Waals surface area contributed by atoms with Crippen molar-refractivity contribution >= 4 is 16.8 Å². The van der Waals surface area contributed by atoms with Gasteiger partial charge in [0.25, 0.3) is 0 Å². The van der Waals surface area contributed by atoms with E-state index in [1.165, 1.54) is 12.1 Å². The number of nitrogens with one attached hydrogen (secondary N) is 1. The summed E-state index contributed by atoms with van der Waals surface area (Å²) in [7, 11) is 0. The number of likely N-dealkylation sites (tertiary alicyclic amines) is 1. The van der Waals surface area contributed by atoms with E-state index < -0.39 is 6.36 Å². The Balaban J connectivity index is 1.48. The van der Waals surface area contributed by atoms with E-state index in [9.17, 15) is 13.2 Å².